The first kappa shape index (κ1) is 9.69. The Labute approximate surface area is 49.0 Å². The molecule has 0 aliphatic rings. The van der Waals surface area contributed by atoms with Gasteiger partial charge in [0.25, 0.3) is 0 Å². The van der Waals surface area contributed by atoms with E-state index in [0.29, 0.717) is 0 Å². The van der Waals surface area contributed by atoms with Crippen molar-refractivity contribution >= 4 is 0 Å². The Bertz CT molecular complexity index is 157. The van der Waals surface area contributed by atoms with Gasteiger partial charge in [-0.2, -0.15) is 0 Å². The maximum absolute atomic E-state index is 8.63. The molecular formula is O4Os2. The van der Waals surface area contributed by atoms with Crippen molar-refractivity contribution in [3.63, 3.8) is 0 Å². The molecule has 0 saturated heterocycles. The number of hydrogen-bond donors (Lipinski definition) is 0. The van der Waals surface area contributed by atoms with Gasteiger partial charge in [0.05, 0.1) is 0 Å². The maximum atomic E-state index is 8.63. The summed E-state index contributed by atoms with van der Waals surface area (Å²) in [5, 5.41) is 0. The van der Waals surface area contributed by atoms with Gasteiger partial charge in [0.15, 0.2) is 0 Å². The first-order valence-electron chi connectivity index (χ1n) is 0.577. The van der Waals surface area contributed by atoms with Gasteiger partial charge in [-0.1, -0.05) is 0 Å². The first-order valence-corrected chi connectivity index (χ1v) is 4.73. The van der Waals surface area contributed by atoms with Crippen LogP contribution in [-0.2, 0) is 48.8 Å². The average Bonchev–Trinajstić information content (AvgIpc) is 0.722. The van der Waals surface area contributed by atoms with Crippen LogP contribution in [0.1, 0.15) is 0 Å². The second-order valence-corrected chi connectivity index (χ2v) is 2.89. The molecule has 40 valence electrons. The fraction of sp³-hybridized carbons (Fsp3) is 0. The number of hydrogen-bond acceptors (Lipinski definition) is 4. The summed E-state index contributed by atoms with van der Waals surface area (Å²) in [5.74, 6) is 0. The monoisotopic (exact) mass is 448 g/mol. The van der Waals surface area contributed by atoms with Crippen molar-refractivity contribution in [2.45, 2.75) is 0 Å². The van der Waals surface area contributed by atoms with E-state index in [1.165, 1.54) is 0 Å². The molecule has 0 saturated carbocycles. The van der Waals surface area contributed by atoms with Crippen molar-refractivity contribution in [3.8, 4) is 0 Å². The van der Waals surface area contributed by atoms with E-state index in [1.54, 1.807) is 0 Å². The van der Waals surface area contributed by atoms with Gasteiger partial charge in [-0.3, -0.25) is 0 Å². The average molecular weight is 444 g/mol. The second-order valence-electron chi connectivity index (χ2n) is 0.354. The molecule has 0 fully saturated rings. The van der Waals surface area contributed by atoms with Crippen molar-refractivity contribution < 1.29 is 48.8 Å². The van der Waals surface area contributed by atoms with Gasteiger partial charge in [0.1, 0.15) is 0 Å². The molecule has 0 radical (unpaired) electrons. The van der Waals surface area contributed by atoms with E-state index in [0.717, 1.165) is 0 Å². The van der Waals surface area contributed by atoms with Crippen molar-refractivity contribution in [2.24, 2.45) is 0 Å². The quantitative estimate of drug-likeness (QED) is 0.506. The minimum atomic E-state index is -6.06. The Balaban J connectivity index is 0. The van der Waals surface area contributed by atoms with Crippen LogP contribution in [0, 0.1) is 0 Å². The van der Waals surface area contributed by atoms with Crippen molar-refractivity contribution in [3.05, 3.63) is 0 Å². The summed E-state index contributed by atoms with van der Waals surface area (Å²) in [5.41, 5.74) is 0. The molecule has 4 nitrogen and oxygen atoms in total. The van der Waals surface area contributed by atoms with Crippen molar-refractivity contribution in [2.75, 3.05) is 0 Å². The van der Waals surface area contributed by atoms with Crippen LogP contribution in [0.4, 0.5) is 0 Å². The molecule has 0 amide bonds. The summed E-state index contributed by atoms with van der Waals surface area (Å²) in [7, 11) is 0. The zero-order valence-electron chi connectivity index (χ0n) is 2.34. The van der Waals surface area contributed by atoms with E-state index in [9.17, 15) is 0 Å². The topological polar surface area (TPSA) is 68.3 Å². The molecule has 0 aromatic heterocycles. The van der Waals surface area contributed by atoms with Crippen molar-refractivity contribution in [1.82, 2.24) is 0 Å². The smallest absolute Gasteiger partial charge is 0 e. The third-order valence-corrected chi connectivity index (χ3v) is 0. The summed E-state index contributed by atoms with van der Waals surface area (Å²) < 4.78 is 34.5. The zero-order valence-corrected chi connectivity index (χ0v) is 7.42. The van der Waals surface area contributed by atoms with E-state index in [1.807, 2.05) is 0 Å². The fourth-order valence-electron chi connectivity index (χ4n) is 0. The van der Waals surface area contributed by atoms with Gasteiger partial charge >= 0.3 is 29.0 Å². The van der Waals surface area contributed by atoms with E-state index in [2.05, 4.69) is 0 Å². The molecule has 0 rings (SSSR count). The van der Waals surface area contributed by atoms with Crippen LogP contribution in [-0.4, -0.2) is 0 Å². The van der Waals surface area contributed by atoms with Crippen LogP contribution in [0.25, 0.3) is 0 Å². The first-order chi connectivity index (χ1) is 2.00. The van der Waals surface area contributed by atoms with Gasteiger partial charge in [-0.15, -0.1) is 0 Å². The minimum absolute atomic E-state index is 0. The van der Waals surface area contributed by atoms with Crippen LogP contribution < -0.4 is 0 Å². The fourth-order valence-corrected chi connectivity index (χ4v) is 0. The Morgan fingerprint density at radius 1 is 0.833 bits per heavy atom. The van der Waals surface area contributed by atoms with Crippen LogP contribution in [0.3, 0.4) is 0 Å². The Kier molecular flexibility index (Phi) is 4.22. The van der Waals surface area contributed by atoms with Crippen LogP contribution in [0.2, 0.25) is 0 Å². The zero-order chi connectivity index (χ0) is 4.50. The Hall–Kier alpha value is 0.473. The van der Waals surface area contributed by atoms with Crippen LogP contribution >= 0.6 is 0 Å². The van der Waals surface area contributed by atoms with E-state index >= 15 is 0 Å². The van der Waals surface area contributed by atoms with Crippen LogP contribution in [0.15, 0.2) is 0 Å². The van der Waals surface area contributed by atoms with E-state index < -0.39 is 14.8 Å². The van der Waals surface area contributed by atoms with Gasteiger partial charge in [-0.25, -0.2) is 0 Å². The molecule has 0 spiro atoms. The van der Waals surface area contributed by atoms with Gasteiger partial charge < -0.3 is 0 Å². The molecule has 0 aromatic carbocycles. The predicted octanol–water partition coefficient (Wildman–Crippen LogP) is -0.480. The maximum Gasteiger partial charge on any atom is 0 e. The molecule has 0 aliphatic carbocycles. The van der Waals surface area contributed by atoms with E-state index in [-0.39, 0.29) is 19.8 Å². The predicted molar refractivity (Wildman–Crippen MR) is 2.75 cm³/mol. The molecular weight excluding hydrogens is 444 g/mol. The van der Waals surface area contributed by atoms with E-state index in [4.69, 9.17) is 14.2 Å². The second kappa shape index (κ2) is 2.61. The third-order valence-electron chi connectivity index (χ3n) is 0. The summed E-state index contributed by atoms with van der Waals surface area (Å²) >= 11 is -6.06. The normalized spacial score (nSPS) is 9.33. The van der Waals surface area contributed by atoms with Gasteiger partial charge in [0, 0.05) is 19.8 Å². The summed E-state index contributed by atoms with van der Waals surface area (Å²) in [6.07, 6.45) is 0. The van der Waals surface area contributed by atoms with Crippen LogP contribution in [0.5, 0.6) is 0 Å². The Morgan fingerprint density at radius 2 is 0.833 bits per heavy atom. The largest absolute Gasteiger partial charge is 0 e. The molecule has 0 heterocycles. The molecule has 0 atom stereocenters. The van der Waals surface area contributed by atoms with Gasteiger partial charge in [0.2, 0.25) is 0 Å². The molecule has 0 aliphatic heterocycles. The molecule has 0 unspecified atom stereocenters. The number of rotatable bonds is 0. The summed E-state index contributed by atoms with van der Waals surface area (Å²) in [6.45, 7) is 0. The third kappa shape index (κ3) is 241. The van der Waals surface area contributed by atoms with Crippen molar-refractivity contribution in [1.29, 1.82) is 0 Å². The Morgan fingerprint density at radius 3 is 0.833 bits per heavy atom. The molecule has 0 aromatic rings. The summed E-state index contributed by atoms with van der Waals surface area (Å²) in [6, 6.07) is 0. The standard InChI is InChI=1S/4O.2Os. The molecule has 0 bridgehead atoms. The minimum Gasteiger partial charge on any atom is 0 e. The van der Waals surface area contributed by atoms with Gasteiger partial charge in [-0.05, 0) is 0 Å². The molecule has 6 heteroatoms. The SMILES string of the molecule is [O]=[Os](=[O])(=[O])=[O].[Os]. The summed E-state index contributed by atoms with van der Waals surface area (Å²) in [4.78, 5) is 0. The molecule has 0 N–H and O–H groups in total. The molecule has 6 heavy (non-hydrogen) atoms.